The number of ketones is 1. The number of rotatable bonds is 4. The van der Waals surface area contributed by atoms with E-state index in [2.05, 4.69) is 0 Å². The van der Waals surface area contributed by atoms with Gasteiger partial charge in [-0.1, -0.05) is 6.92 Å². The lowest BCUT2D eigenvalue weighted by Gasteiger charge is -1.97. The van der Waals surface area contributed by atoms with Gasteiger partial charge in [0.25, 0.3) is 0 Å². The molecule has 5 nitrogen and oxygen atoms in total. The first-order chi connectivity index (χ1) is 5.56. The highest BCUT2D eigenvalue weighted by Gasteiger charge is 2.07. The third-order valence-corrected chi connectivity index (χ3v) is 1.27. The molecule has 0 spiro atoms. The van der Waals surface area contributed by atoms with Gasteiger partial charge in [0.15, 0.2) is 0 Å². The van der Waals surface area contributed by atoms with Gasteiger partial charge >= 0.3 is 6.09 Å². The van der Waals surface area contributed by atoms with Crippen LogP contribution in [-0.2, 0) is 9.59 Å². The van der Waals surface area contributed by atoms with E-state index in [4.69, 9.17) is 5.11 Å². The predicted molar refractivity (Wildman–Crippen MR) is 40.7 cm³/mol. The van der Waals surface area contributed by atoms with Crippen molar-refractivity contribution in [3.05, 3.63) is 0 Å². The molecule has 0 unspecified atom stereocenters. The van der Waals surface area contributed by atoms with Crippen LogP contribution in [0.25, 0.3) is 0 Å². The Morgan fingerprint density at radius 1 is 1.25 bits per heavy atom. The Labute approximate surface area is 69.8 Å². The molecule has 0 radical (unpaired) electrons. The lowest BCUT2D eigenvalue weighted by molar-refractivity contribution is -0.124. The molecule has 0 aromatic rings. The summed E-state index contributed by atoms with van der Waals surface area (Å²) >= 11 is 0. The van der Waals surface area contributed by atoms with Crippen molar-refractivity contribution in [1.82, 2.24) is 5.32 Å². The average Bonchev–Trinajstić information content (AvgIpc) is 1.99. The number of hydrogen-bond donors (Lipinski definition) is 2. The van der Waals surface area contributed by atoms with E-state index >= 15 is 0 Å². The van der Waals surface area contributed by atoms with Crippen molar-refractivity contribution in [3.8, 4) is 0 Å². The average molecular weight is 173 g/mol. The summed E-state index contributed by atoms with van der Waals surface area (Å²) in [5.74, 6) is -0.681. The molecule has 0 aromatic carbocycles. The van der Waals surface area contributed by atoms with E-state index in [1.165, 1.54) is 0 Å². The first kappa shape index (κ1) is 10.6. The van der Waals surface area contributed by atoms with Gasteiger partial charge in [0.2, 0.25) is 5.91 Å². The summed E-state index contributed by atoms with van der Waals surface area (Å²) in [4.78, 5) is 31.2. The number of hydrogen-bond acceptors (Lipinski definition) is 3. The van der Waals surface area contributed by atoms with Crippen molar-refractivity contribution in [2.75, 3.05) is 0 Å². The van der Waals surface area contributed by atoms with E-state index in [0.29, 0.717) is 6.42 Å². The molecule has 0 aliphatic carbocycles. The maximum atomic E-state index is 10.7. The van der Waals surface area contributed by atoms with Gasteiger partial charge in [-0.25, -0.2) is 4.79 Å². The number of imide groups is 1. The van der Waals surface area contributed by atoms with Gasteiger partial charge < -0.3 is 5.11 Å². The summed E-state index contributed by atoms with van der Waals surface area (Å²) in [6.45, 7) is 1.69. The molecule has 12 heavy (non-hydrogen) atoms. The molecule has 0 atom stereocenters. The molecule has 0 rings (SSSR count). The van der Waals surface area contributed by atoms with Gasteiger partial charge in [-0.3, -0.25) is 14.9 Å². The second kappa shape index (κ2) is 5.29. The van der Waals surface area contributed by atoms with E-state index in [0.717, 1.165) is 0 Å². The zero-order valence-corrected chi connectivity index (χ0v) is 6.79. The van der Waals surface area contributed by atoms with Gasteiger partial charge in [-0.05, 0) is 0 Å². The van der Waals surface area contributed by atoms with E-state index in [-0.39, 0.29) is 18.6 Å². The third kappa shape index (κ3) is 5.40. The smallest absolute Gasteiger partial charge is 0.411 e. The summed E-state index contributed by atoms with van der Waals surface area (Å²) < 4.78 is 0. The molecule has 0 saturated heterocycles. The van der Waals surface area contributed by atoms with Gasteiger partial charge in [-0.15, -0.1) is 0 Å². The Morgan fingerprint density at radius 2 is 1.83 bits per heavy atom. The normalized spacial score (nSPS) is 9.08. The summed E-state index contributed by atoms with van der Waals surface area (Å²) in [6.07, 6.45) is -0.960. The fourth-order valence-electron chi connectivity index (χ4n) is 0.611. The molecule has 0 saturated carbocycles. The van der Waals surface area contributed by atoms with Gasteiger partial charge in [0.05, 0.1) is 0 Å². The molecular weight excluding hydrogens is 162 g/mol. The SMILES string of the molecule is CCC(=O)CCC(=O)NC(=O)O. The van der Waals surface area contributed by atoms with E-state index in [1.54, 1.807) is 12.2 Å². The van der Waals surface area contributed by atoms with Gasteiger partial charge in [-0.2, -0.15) is 0 Å². The molecule has 2 N–H and O–H groups in total. The van der Waals surface area contributed by atoms with Crippen LogP contribution in [0.2, 0.25) is 0 Å². The number of Topliss-reactive ketones (excluding diaryl/α,β-unsaturated/α-hetero) is 1. The second-order valence-corrected chi connectivity index (χ2v) is 2.25. The number of amides is 2. The first-order valence-electron chi connectivity index (χ1n) is 3.60. The number of carbonyl (C=O) groups excluding carboxylic acids is 2. The zero-order valence-electron chi connectivity index (χ0n) is 6.79. The summed E-state index contributed by atoms with van der Waals surface area (Å²) in [5.41, 5.74) is 0. The van der Waals surface area contributed by atoms with Crippen LogP contribution in [0.5, 0.6) is 0 Å². The van der Waals surface area contributed by atoms with Crippen molar-refractivity contribution in [2.45, 2.75) is 26.2 Å². The number of nitrogens with one attached hydrogen (secondary N) is 1. The van der Waals surface area contributed by atoms with E-state index in [9.17, 15) is 14.4 Å². The molecule has 0 aliphatic heterocycles. The molecule has 0 aromatic heterocycles. The number of carbonyl (C=O) groups is 3. The minimum Gasteiger partial charge on any atom is -0.465 e. The Hall–Kier alpha value is -1.39. The molecule has 0 heterocycles. The Balaban J connectivity index is 3.57. The van der Waals surface area contributed by atoms with Crippen molar-refractivity contribution >= 4 is 17.8 Å². The van der Waals surface area contributed by atoms with Crippen LogP contribution in [-0.4, -0.2) is 22.9 Å². The molecule has 68 valence electrons. The van der Waals surface area contributed by atoms with Crippen LogP contribution < -0.4 is 5.32 Å². The lowest BCUT2D eigenvalue weighted by Crippen LogP contribution is -2.28. The molecule has 0 aliphatic rings. The lowest BCUT2D eigenvalue weighted by atomic mass is 10.2. The maximum Gasteiger partial charge on any atom is 0.411 e. The summed E-state index contributed by atoms with van der Waals surface area (Å²) in [5, 5.41) is 9.74. The fourth-order valence-corrected chi connectivity index (χ4v) is 0.611. The monoisotopic (exact) mass is 173 g/mol. The maximum absolute atomic E-state index is 10.7. The van der Waals surface area contributed by atoms with Crippen molar-refractivity contribution < 1.29 is 19.5 Å². The highest BCUT2D eigenvalue weighted by molar-refractivity contribution is 5.93. The first-order valence-corrected chi connectivity index (χ1v) is 3.60. The highest BCUT2D eigenvalue weighted by Crippen LogP contribution is 1.93. The fraction of sp³-hybridized carbons (Fsp3) is 0.571. The quantitative estimate of drug-likeness (QED) is 0.649. The third-order valence-electron chi connectivity index (χ3n) is 1.27. The van der Waals surface area contributed by atoms with E-state index < -0.39 is 12.0 Å². The Bertz CT molecular complexity index is 200. The van der Waals surface area contributed by atoms with Crippen molar-refractivity contribution in [2.24, 2.45) is 0 Å². The van der Waals surface area contributed by atoms with Crippen LogP contribution in [0, 0.1) is 0 Å². The van der Waals surface area contributed by atoms with Crippen molar-refractivity contribution in [1.29, 1.82) is 0 Å². The topological polar surface area (TPSA) is 83.5 Å². The van der Waals surface area contributed by atoms with Crippen LogP contribution in [0.4, 0.5) is 4.79 Å². The number of carboxylic acid groups (broad SMARTS) is 1. The van der Waals surface area contributed by atoms with E-state index in [1.807, 2.05) is 0 Å². The van der Waals surface area contributed by atoms with Gasteiger partial charge in [0, 0.05) is 19.3 Å². The standard InChI is InChI=1S/C7H11NO4/c1-2-5(9)3-4-6(10)8-7(11)12/h2-4H2,1H3,(H,8,10)(H,11,12). The highest BCUT2D eigenvalue weighted by atomic mass is 16.4. The molecule has 0 bridgehead atoms. The van der Waals surface area contributed by atoms with Crippen LogP contribution >= 0.6 is 0 Å². The Morgan fingerprint density at radius 3 is 2.25 bits per heavy atom. The molecule has 5 heteroatoms. The zero-order chi connectivity index (χ0) is 9.56. The molecule has 0 fully saturated rings. The van der Waals surface area contributed by atoms with Crippen LogP contribution in [0.1, 0.15) is 26.2 Å². The van der Waals surface area contributed by atoms with Gasteiger partial charge in [0.1, 0.15) is 5.78 Å². The molecule has 2 amide bonds. The predicted octanol–water partition coefficient (Wildman–Crippen LogP) is 0.540. The van der Waals surface area contributed by atoms with Crippen LogP contribution in [0.15, 0.2) is 0 Å². The van der Waals surface area contributed by atoms with Crippen molar-refractivity contribution in [3.63, 3.8) is 0 Å². The minimum atomic E-state index is -1.39. The molecular formula is C7H11NO4. The summed E-state index contributed by atoms with van der Waals surface area (Å²) in [7, 11) is 0. The Kier molecular flexibility index (Phi) is 4.67. The summed E-state index contributed by atoms with van der Waals surface area (Å²) in [6, 6.07) is 0. The minimum absolute atomic E-state index is 0.0458. The van der Waals surface area contributed by atoms with Crippen LogP contribution in [0.3, 0.4) is 0 Å². The largest absolute Gasteiger partial charge is 0.465 e. The second-order valence-electron chi connectivity index (χ2n) is 2.25.